The van der Waals surface area contributed by atoms with Gasteiger partial charge in [-0.2, -0.15) is 0 Å². The molecule has 1 aromatic heterocycles. The van der Waals surface area contributed by atoms with E-state index in [1.807, 2.05) is 30.3 Å². The van der Waals surface area contributed by atoms with Crippen LogP contribution in [0.25, 0.3) is 11.1 Å². The molecule has 4 nitrogen and oxygen atoms in total. The molecular formula is C20H17F3N2O2. The number of hydrogen-bond acceptors (Lipinski definition) is 4. The Morgan fingerprint density at radius 2 is 1.67 bits per heavy atom. The molecule has 0 spiro atoms. The van der Waals surface area contributed by atoms with E-state index in [0.717, 1.165) is 11.1 Å². The second-order valence-electron chi connectivity index (χ2n) is 5.73. The van der Waals surface area contributed by atoms with Gasteiger partial charge in [0.05, 0.1) is 0 Å². The highest BCUT2D eigenvalue weighted by atomic mass is 19.4. The van der Waals surface area contributed by atoms with Gasteiger partial charge in [-0.25, -0.2) is 4.98 Å². The molecule has 1 heterocycles. The monoisotopic (exact) mass is 374 g/mol. The zero-order valence-electron chi connectivity index (χ0n) is 14.2. The lowest BCUT2D eigenvalue weighted by atomic mass is 10.0. The Morgan fingerprint density at radius 1 is 0.926 bits per heavy atom. The molecule has 0 aliphatic heterocycles. The Labute approximate surface area is 154 Å². The van der Waals surface area contributed by atoms with Crippen LogP contribution in [0, 0.1) is 0 Å². The Hall–Kier alpha value is -3.06. The maximum absolute atomic E-state index is 12.4. The lowest BCUT2D eigenvalue weighted by Crippen LogP contribution is -2.18. The number of benzene rings is 2. The van der Waals surface area contributed by atoms with Gasteiger partial charge in [-0.15, -0.1) is 13.2 Å². The summed E-state index contributed by atoms with van der Waals surface area (Å²) in [5.74, 6) is 0.156. The van der Waals surface area contributed by atoms with Crippen LogP contribution in [0.2, 0.25) is 0 Å². The Morgan fingerprint density at radius 3 is 2.30 bits per heavy atom. The summed E-state index contributed by atoms with van der Waals surface area (Å²) in [6.07, 6.45) is -3.16. The largest absolute Gasteiger partial charge is 0.573 e. The fourth-order valence-corrected chi connectivity index (χ4v) is 2.51. The SMILES string of the molecule is NCc1cc(-c2ccc(OCc3ccccc3)nc2)ccc1OC(F)(F)F. The molecule has 3 aromatic rings. The third kappa shape index (κ3) is 5.21. The maximum atomic E-state index is 12.4. The molecule has 0 aliphatic carbocycles. The van der Waals surface area contributed by atoms with Gasteiger partial charge in [0.15, 0.2) is 0 Å². The van der Waals surface area contributed by atoms with Gasteiger partial charge in [0.1, 0.15) is 12.4 Å². The summed E-state index contributed by atoms with van der Waals surface area (Å²) in [7, 11) is 0. The van der Waals surface area contributed by atoms with Gasteiger partial charge in [0.25, 0.3) is 0 Å². The normalized spacial score (nSPS) is 11.3. The highest BCUT2D eigenvalue weighted by Crippen LogP contribution is 2.30. The predicted molar refractivity (Wildman–Crippen MR) is 95.0 cm³/mol. The third-order valence-corrected chi connectivity index (χ3v) is 3.81. The van der Waals surface area contributed by atoms with Gasteiger partial charge in [-0.05, 0) is 29.3 Å². The van der Waals surface area contributed by atoms with Crippen LogP contribution >= 0.6 is 0 Å². The van der Waals surface area contributed by atoms with Gasteiger partial charge < -0.3 is 15.2 Å². The first-order chi connectivity index (χ1) is 12.9. The van der Waals surface area contributed by atoms with E-state index in [2.05, 4.69) is 9.72 Å². The molecule has 0 radical (unpaired) electrons. The summed E-state index contributed by atoms with van der Waals surface area (Å²) in [5.41, 5.74) is 8.25. The average Bonchev–Trinajstić information content (AvgIpc) is 2.67. The standard InChI is InChI=1S/C20H17F3N2O2/c21-20(22,23)27-18-8-6-15(10-17(18)11-24)16-7-9-19(25-12-16)26-13-14-4-2-1-3-5-14/h1-10,12H,11,13,24H2. The van der Waals surface area contributed by atoms with E-state index in [9.17, 15) is 13.2 Å². The summed E-state index contributed by atoms with van der Waals surface area (Å²) < 4.78 is 46.9. The molecule has 140 valence electrons. The lowest BCUT2D eigenvalue weighted by molar-refractivity contribution is -0.274. The summed E-state index contributed by atoms with van der Waals surface area (Å²) in [5, 5.41) is 0. The van der Waals surface area contributed by atoms with Crippen molar-refractivity contribution in [3.05, 3.63) is 78.0 Å². The van der Waals surface area contributed by atoms with E-state index in [4.69, 9.17) is 10.5 Å². The third-order valence-electron chi connectivity index (χ3n) is 3.81. The molecule has 0 saturated carbocycles. The van der Waals surface area contributed by atoms with Crippen LogP contribution in [0.15, 0.2) is 66.9 Å². The zero-order chi connectivity index (χ0) is 19.3. The van der Waals surface area contributed by atoms with Gasteiger partial charge >= 0.3 is 6.36 Å². The van der Waals surface area contributed by atoms with E-state index >= 15 is 0 Å². The smallest absolute Gasteiger partial charge is 0.473 e. The van der Waals surface area contributed by atoms with Gasteiger partial charge in [-0.1, -0.05) is 36.4 Å². The van der Waals surface area contributed by atoms with Crippen LogP contribution in [0.1, 0.15) is 11.1 Å². The molecule has 3 rings (SSSR count). The van der Waals surface area contributed by atoms with Crippen molar-refractivity contribution in [1.29, 1.82) is 0 Å². The minimum atomic E-state index is -4.76. The summed E-state index contributed by atoms with van der Waals surface area (Å²) in [6.45, 7) is 0.318. The number of pyridine rings is 1. The number of rotatable bonds is 6. The first kappa shape index (κ1) is 18.7. The molecule has 27 heavy (non-hydrogen) atoms. The number of ether oxygens (including phenoxy) is 2. The van der Waals surface area contributed by atoms with Crippen LogP contribution in [0.3, 0.4) is 0 Å². The van der Waals surface area contributed by atoms with Crippen LogP contribution in [0.4, 0.5) is 13.2 Å². The molecule has 0 saturated heterocycles. The fraction of sp³-hybridized carbons (Fsp3) is 0.150. The molecule has 0 aliphatic rings. The van der Waals surface area contributed by atoms with Crippen molar-refractivity contribution in [2.75, 3.05) is 0 Å². The van der Waals surface area contributed by atoms with Crippen LogP contribution in [-0.2, 0) is 13.2 Å². The Balaban J connectivity index is 1.72. The van der Waals surface area contributed by atoms with E-state index in [1.165, 1.54) is 12.1 Å². The highest BCUT2D eigenvalue weighted by Gasteiger charge is 2.32. The zero-order valence-corrected chi connectivity index (χ0v) is 14.2. The van der Waals surface area contributed by atoms with Crippen LogP contribution in [-0.4, -0.2) is 11.3 Å². The minimum absolute atomic E-state index is 0.0784. The molecular weight excluding hydrogens is 357 g/mol. The van der Waals surface area contributed by atoms with Crippen molar-refractivity contribution in [3.63, 3.8) is 0 Å². The number of nitrogens with two attached hydrogens (primary N) is 1. The summed E-state index contributed by atoms with van der Waals surface area (Å²) >= 11 is 0. The van der Waals surface area contributed by atoms with E-state index < -0.39 is 6.36 Å². The van der Waals surface area contributed by atoms with Crippen molar-refractivity contribution in [1.82, 2.24) is 4.98 Å². The maximum Gasteiger partial charge on any atom is 0.573 e. The molecule has 0 amide bonds. The van der Waals surface area contributed by atoms with Crippen LogP contribution in [0.5, 0.6) is 11.6 Å². The van der Waals surface area contributed by atoms with Crippen molar-refractivity contribution < 1.29 is 22.6 Å². The summed E-state index contributed by atoms with van der Waals surface area (Å²) in [4.78, 5) is 4.24. The first-order valence-electron chi connectivity index (χ1n) is 8.16. The number of nitrogens with zero attached hydrogens (tertiary/aromatic N) is 1. The van der Waals surface area contributed by atoms with E-state index in [1.54, 1.807) is 24.4 Å². The minimum Gasteiger partial charge on any atom is -0.473 e. The molecule has 2 aromatic carbocycles. The average molecular weight is 374 g/mol. The topological polar surface area (TPSA) is 57.4 Å². The van der Waals surface area contributed by atoms with Gasteiger partial charge in [-0.3, -0.25) is 0 Å². The second kappa shape index (κ2) is 8.09. The molecule has 2 N–H and O–H groups in total. The molecule has 0 fully saturated rings. The lowest BCUT2D eigenvalue weighted by Gasteiger charge is -2.14. The Bertz CT molecular complexity index is 882. The highest BCUT2D eigenvalue weighted by molar-refractivity contribution is 5.65. The fourth-order valence-electron chi connectivity index (χ4n) is 2.51. The van der Waals surface area contributed by atoms with E-state index in [0.29, 0.717) is 18.1 Å². The Kier molecular flexibility index (Phi) is 5.61. The van der Waals surface area contributed by atoms with Crippen molar-refractivity contribution in [3.8, 4) is 22.8 Å². The number of hydrogen-bond donors (Lipinski definition) is 1. The quantitative estimate of drug-likeness (QED) is 0.680. The predicted octanol–water partition coefficient (Wildman–Crippen LogP) is 4.68. The number of aromatic nitrogens is 1. The number of alkyl halides is 3. The molecule has 0 unspecified atom stereocenters. The van der Waals surface area contributed by atoms with Crippen molar-refractivity contribution in [2.45, 2.75) is 19.5 Å². The first-order valence-corrected chi connectivity index (χ1v) is 8.16. The van der Waals surface area contributed by atoms with Crippen molar-refractivity contribution >= 4 is 0 Å². The second-order valence-corrected chi connectivity index (χ2v) is 5.73. The molecule has 0 atom stereocenters. The molecule has 7 heteroatoms. The molecule has 0 bridgehead atoms. The van der Waals surface area contributed by atoms with Gasteiger partial charge in [0, 0.05) is 29.9 Å². The van der Waals surface area contributed by atoms with Crippen LogP contribution < -0.4 is 15.2 Å². The van der Waals surface area contributed by atoms with E-state index in [-0.39, 0.29) is 17.9 Å². The summed E-state index contributed by atoms with van der Waals surface area (Å²) in [6, 6.07) is 17.5. The number of halogens is 3. The van der Waals surface area contributed by atoms with Gasteiger partial charge in [0.2, 0.25) is 5.88 Å². The van der Waals surface area contributed by atoms with Crippen molar-refractivity contribution in [2.24, 2.45) is 5.73 Å².